The maximum atomic E-state index is 12.9. The van der Waals surface area contributed by atoms with Gasteiger partial charge in [-0.15, -0.1) is 16.8 Å². The summed E-state index contributed by atoms with van der Waals surface area (Å²) in [7, 11) is 0. The fourth-order valence-electron chi connectivity index (χ4n) is 2.35. The number of benzene rings is 1. The number of thioether (sulfide) groups is 1. The molecule has 3 aromatic rings. The van der Waals surface area contributed by atoms with Gasteiger partial charge in [0.1, 0.15) is 11.6 Å². The molecular weight excluding hydrogens is 351 g/mol. The molecule has 7 heteroatoms. The summed E-state index contributed by atoms with van der Waals surface area (Å²) in [5.74, 6) is 2.05. The van der Waals surface area contributed by atoms with Gasteiger partial charge in [-0.2, -0.15) is 0 Å². The second-order valence-corrected chi connectivity index (χ2v) is 6.51. The molecule has 0 spiro atoms. The van der Waals surface area contributed by atoms with E-state index in [9.17, 15) is 4.39 Å². The van der Waals surface area contributed by atoms with E-state index in [0.717, 1.165) is 28.7 Å². The van der Waals surface area contributed by atoms with E-state index in [1.165, 1.54) is 12.1 Å². The van der Waals surface area contributed by atoms with Gasteiger partial charge in [0.15, 0.2) is 11.0 Å². The average molecular weight is 370 g/mol. The number of hydrogen-bond acceptors (Lipinski definition) is 5. The Morgan fingerprint density at radius 3 is 2.62 bits per heavy atom. The molecule has 3 rings (SSSR count). The molecule has 0 aliphatic rings. The molecule has 0 saturated heterocycles. The standard InChI is InChI=1S/C19H19FN4OS/c1-2-12-24-18(15-8-10-21-11-9-15)22-23-19(24)26-14-3-13-25-17-6-4-16(20)5-7-17/h2,4-11H,1,3,12-14H2. The minimum atomic E-state index is -0.264. The molecule has 0 atom stereocenters. The van der Waals surface area contributed by atoms with Crippen LogP contribution in [0.4, 0.5) is 4.39 Å². The van der Waals surface area contributed by atoms with Gasteiger partial charge in [0, 0.05) is 30.3 Å². The highest BCUT2D eigenvalue weighted by Crippen LogP contribution is 2.24. The zero-order valence-corrected chi connectivity index (χ0v) is 15.0. The van der Waals surface area contributed by atoms with Gasteiger partial charge < -0.3 is 4.74 Å². The maximum absolute atomic E-state index is 12.9. The van der Waals surface area contributed by atoms with Gasteiger partial charge in [0.05, 0.1) is 6.61 Å². The number of halogens is 1. The lowest BCUT2D eigenvalue weighted by molar-refractivity contribution is 0.318. The first-order valence-electron chi connectivity index (χ1n) is 8.23. The van der Waals surface area contributed by atoms with E-state index in [2.05, 4.69) is 21.8 Å². The summed E-state index contributed by atoms with van der Waals surface area (Å²) in [5, 5.41) is 9.46. The summed E-state index contributed by atoms with van der Waals surface area (Å²) >= 11 is 1.63. The normalized spacial score (nSPS) is 10.7. The van der Waals surface area contributed by atoms with Gasteiger partial charge >= 0.3 is 0 Å². The van der Waals surface area contributed by atoms with Gasteiger partial charge in [-0.25, -0.2) is 4.39 Å². The predicted octanol–water partition coefficient (Wildman–Crippen LogP) is 4.23. The number of pyridine rings is 1. The average Bonchev–Trinajstić information content (AvgIpc) is 3.07. The van der Waals surface area contributed by atoms with Crippen molar-refractivity contribution in [2.24, 2.45) is 0 Å². The molecule has 134 valence electrons. The fraction of sp³-hybridized carbons (Fsp3) is 0.211. The number of allylic oxidation sites excluding steroid dienone is 1. The van der Waals surface area contributed by atoms with Crippen LogP contribution in [-0.4, -0.2) is 32.1 Å². The first kappa shape index (κ1) is 18.1. The van der Waals surface area contributed by atoms with Crippen molar-refractivity contribution in [3.63, 3.8) is 0 Å². The second kappa shape index (κ2) is 9.15. The lowest BCUT2D eigenvalue weighted by Crippen LogP contribution is -2.02. The van der Waals surface area contributed by atoms with Crippen molar-refractivity contribution < 1.29 is 9.13 Å². The van der Waals surface area contributed by atoms with Gasteiger partial charge in [-0.05, 0) is 42.8 Å². The van der Waals surface area contributed by atoms with Gasteiger partial charge in [-0.1, -0.05) is 17.8 Å². The first-order valence-corrected chi connectivity index (χ1v) is 9.22. The molecule has 0 aliphatic heterocycles. The minimum Gasteiger partial charge on any atom is -0.494 e. The highest BCUT2D eigenvalue weighted by molar-refractivity contribution is 7.99. The van der Waals surface area contributed by atoms with E-state index in [1.807, 2.05) is 22.8 Å². The smallest absolute Gasteiger partial charge is 0.191 e. The van der Waals surface area contributed by atoms with Crippen LogP contribution in [-0.2, 0) is 6.54 Å². The SMILES string of the molecule is C=CCn1c(SCCCOc2ccc(F)cc2)nnc1-c1ccncc1. The number of ether oxygens (including phenoxy) is 1. The Labute approximate surface area is 155 Å². The summed E-state index contributed by atoms with van der Waals surface area (Å²) in [6.45, 7) is 5.02. The molecule has 0 fully saturated rings. The predicted molar refractivity (Wildman–Crippen MR) is 101 cm³/mol. The molecule has 0 amide bonds. The van der Waals surface area contributed by atoms with E-state index in [1.54, 1.807) is 36.3 Å². The molecule has 0 bridgehead atoms. The van der Waals surface area contributed by atoms with Crippen LogP contribution < -0.4 is 4.74 Å². The van der Waals surface area contributed by atoms with Crippen molar-refractivity contribution in [3.05, 3.63) is 67.3 Å². The van der Waals surface area contributed by atoms with E-state index < -0.39 is 0 Å². The van der Waals surface area contributed by atoms with E-state index >= 15 is 0 Å². The third kappa shape index (κ3) is 4.70. The van der Waals surface area contributed by atoms with E-state index in [-0.39, 0.29) is 5.82 Å². The van der Waals surface area contributed by atoms with Gasteiger partial charge in [0.2, 0.25) is 0 Å². The van der Waals surface area contributed by atoms with Crippen LogP contribution in [0.25, 0.3) is 11.4 Å². The van der Waals surface area contributed by atoms with Crippen molar-refractivity contribution in [2.75, 3.05) is 12.4 Å². The summed E-state index contributed by atoms with van der Waals surface area (Å²) in [6, 6.07) is 9.86. The molecule has 5 nitrogen and oxygen atoms in total. The van der Waals surface area contributed by atoms with E-state index in [4.69, 9.17) is 4.74 Å². The third-order valence-electron chi connectivity index (χ3n) is 3.57. The molecule has 0 aliphatic carbocycles. The van der Waals surface area contributed by atoms with Crippen LogP contribution in [0.1, 0.15) is 6.42 Å². The zero-order chi connectivity index (χ0) is 18.2. The molecule has 26 heavy (non-hydrogen) atoms. The Balaban J connectivity index is 1.55. The lowest BCUT2D eigenvalue weighted by Gasteiger charge is -2.08. The summed E-state index contributed by atoms with van der Waals surface area (Å²) in [4.78, 5) is 4.04. The van der Waals surface area contributed by atoms with E-state index in [0.29, 0.717) is 18.9 Å². The Bertz CT molecular complexity index is 837. The lowest BCUT2D eigenvalue weighted by atomic mass is 10.2. The minimum absolute atomic E-state index is 0.264. The molecule has 0 saturated carbocycles. The molecule has 0 radical (unpaired) electrons. The van der Waals surface area contributed by atoms with Crippen LogP contribution in [0.2, 0.25) is 0 Å². The van der Waals surface area contributed by atoms with Crippen molar-refractivity contribution >= 4 is 11.8 Å². The largest absolute Gasteiger partial charge is 0.494 e. The Kier molecular flexibility index (Phi) is 6.38. The fourth-order valence-corrected chi connectivity index (χ4v) is 3.21. The molecule has 2 heterocycles. The molecular formula is C19H19FN4OS. The van der Waals surface area contributed by atoms with Crippen LogP contribution >= 0.6 is 11.8 Å². The van der Waals surface area contributed by atoms with Gasteiger partial charge in [0.25, 0.3) is 0 Å². The molecule has 2 aromatic heterocycles. The number of nitrogens with zero attached hydrogens (tertiary/aromatic N) is 4. The van der Waals surface area contributed by atoms with Crippen molar-refractivity contribution in [1.29, 1.82) is 0 Å². The number of aromatic nitrogens is 4. The zero-order valence-electron chi connectivity index (χ0n) is 14.2. The Morgan fingerprint density at radius 2 is 1.88 bits per heavy atom. The highest BCUT2D eigenvalue weighted by Gasteiger charge is 2.13. The summed E-state index contributed by atoms with van der Waals surface area (Å²) < 4.78 is 20.5. The number of hydrogen-bond donors (Lipinski definition) is 0. The molecule has 1 aromatic carbocycles. The van der Waals surface area contributed by atoms with Crippen LogP contribution in [0.5, 0.6) is 5.75 Å². The first-order chi connectivity index (χ1) is 12.8. The van der Waals surface area contributed by atoms with Crippen LogP contribution in [0.15, 0.2) is 66.6 Å². The Hall–Kier alpha value is -2.67. The van der Waals surface area contributed by atoms with Crippen molar-refractivity contribution in [2.45, 2.75) is 18.1 Å². The number of rotatable bonds is 9. The van der Waals surface area contributed by atoms with Gasteiger partial charge in [-0.3, -0.25) is 9.55 Å². The van der Waals surface area contributed by atoms with Crippen LogP contribution in [0, 0.1) is 5.82 Å². The summed E-state index contributed by atoms with van der Waals surface area (Å²) in [5.41, 5.74) is 0.973. The topological polar surface area (TPSA) is 52.8 Å². The third-order valence-corrected chi connectivity index (χ3v) is 4.62. The quantitative estimate of drug-likeness (QED) is 0.321. The van der Waals surface area contributed by atoms with Crippen molar-refractivity contribution in [3.8, 4) is 17.1 Å². The Morgan fingerprint density at radius 1 is 1.12 bits per heavy atom. The summed E-state index contributed by atoms with van der Waals surface area (Å²) in [6.07, 6.45) is 6.15. The molecule has 0 N–H and O–H groups in total. The maximum Gasteiger partial charge on any atom is 0.191 e. The van der Waals surface area contributed by atoms with Crippen LogP contribution in [0.3, 0.4) is 0 Å². The van der Waals surface area contributed by atoms with Crippen molar-refractivity contribution in [1.82, 2.24) is 19.7 Å². The highest BCUT2D eigenvalue weighted by atomic mass is 32.2. The monoisotopic (exact) mass is 370 g/mol. The molecule has 0 unspecified atom stereocenters. The second-order valence-electron chi connectivity index (χ2n) is 5.45.